The van der Waals surface area contributed by atoms with Crippen molar-refractivity contribution in [2.45, 2.75) is 0 Å². The smallest absolute Gasteiger partial charge is 0.216 e. The molecule has 0 amide bonds. The normalized spacial score (nSPS) is 10.9. The summed E-state index contributed by atoms with van der Waals surface area (Å²) in [4.78, 5) is 2.05. The summed E-state index contributed by atoms with van der Waals surface area (Å²) in [5, 5.41) is 10.6. The highest BCUT2D eigenvalue weighted by atomic mass is 32.1. The Labute approximate surface area is 104 Å². The second-order valence-electron chi connectivity index (χ2n) is 3.74. The fourth-order valence-corrected chi connectivity index (χ4v) is 1.46. The molecule has 1 N–H and O–H groups in total. The Kier molecular flexibility index (Phi) is 3.34. The van der Waals surface area contributed by atoms with E-state index in [1.165, 1.54) is 11.0 Å². The first-order chi connectivity index (χ1) is 8.16. The van der Waals surface area contributed by atoms with Crippen LogP contribution in [-0.4, -0.2) is 35.2 Å². The highest BCUT2D eigenvalue weighted by Gasteiger charge is 1.94. The molecule has 0 atom stereocenters. The molecule has 1 heterocycles. The molecule has 0 aliphatic carbocycles. The number of nitrogens with one attached hydrogen (secondary N) is 1. The Morgan fingerprint density at radius 2 is 2.06 bits per heavy atom. The maximum Gasteiger partial charge on any atom is 0.216 e. The molecule has 6 heteroatoms. The number of hydrogen-bond donors (Lipinski definition) is 1. The molecule has 0 bridgehead atoms. The van der Waals surface area contributed by atoms with Gasteiger partial charge in [0.25, 0.3) is 0 Å². The van der Waals surface area contributed by atoms with Gasteiger partial charge in [-0.1, -0.05) is 12.1 Å². The van der Waals surface area contributed by atoms with E-state index in [1.807, 2.05) is 43.3 Å². The molecule has 88 valence electrons. The van der Waals surface area contributed by atoms with Crippen LogP contribution in [0.3, 0.4) is 0 Å². The molecule has 0 aliphatic rings. The largest absolute Gasteiger partial charge is 0.378 e. The van der Waals surface area contributed by atoms with Gasteiger partial charge in [-0.3, -0.25) is 5.10 Å². The van der Waals surface area contributed by atoms with Crippen molar-refractivity contribution in [1.29, 1.82) is 0 Å². The van der Waals surface area contributed by atoms with Crippen LogP contribution in [0.4, 0.5) is 5.69 Å². The second-order valence-corrected chi connectivity index (χ2v) is 4.12. The van der Waals surface area contributed by atoms with Crippen LogP contribution in [0.15, 0.2) is 35.7 Å². The average Bonchev–Trinajstić information content (AvgIpc) is 2.73. The average molecular weight is 247 g/mol. The summed E-state index contributed by atoms with van der Waals surface area (Å²) < 4.78 is 1.99. The van der Waals surface area contributed by atoms with Crippen LogP contribution in [0.2, 0.25) is 0 Å². The first-order valence-electron chi connectivity index (χ1n) is 5.10. The van der Waals surface area contributed by atoms with Gasteiger partial charge >= 0.3 is 0 Å². The van der Waals surface area contributed by atoms with Crippen molar-refractivity contribution >= 4 is 24.1 Å². The standard InChI is InChI=1S/C11H13N5S/c1-15(2)10-5-3-9(4-6-10)7-13-16-8-12-14-11(16)17/h3-8H,1-2H3,(H,14,17)/b13-7-. The Balaban J connectivity index is 2.17. The van der Waals surface area contributed by atoms with Crippen molar-refractivity contribution in [3.05, 3.63) is 40.9 Å². The lowest BCUT2D eigenvalue weighted by atomic mass is 10.2. The third-order valence-corrected chi connectivity index (χ3v) is 2.55. The molecule has 2 aromatic rings. The predicted molar refractivity (Wildman–Crippen MR) is 71.2 cm³/mol. The van der Waals surface area contributed by atoms with Gasteiger partial charge in [0.2, 0.25) is 4.77 Å². The van der Waals surface area contributed by atoms with Crippen LogP contribution in [0.1, 0.15) is 5.56 Å². The zero-order valence-corrected chi connectivity index (χ0v) is 10.5. The highest BCUT2D eigenvalue weighted by molar-refractivity contribution is 7.71. The van der Waals surface area contributed by atoms with Crippen molar-refractivity contribution in [3.8, 4) is 0 Å². The first-order valence-corrected chi connectivity index (χ1v) is 5.51. The zero-order valence-electron chi connectivity index (χ0n) is 9.66. The zero-order chi connectivity index (χ0) is 12.3. The van der Waals surface area contributed by atoms with Gasteiger partial charge in [0.1, 0.15) is 6.33 Å². The van der Waals surface area contributed by atoms with Gasteiger partial charge in [-0.05, 0) is 29.9 Å². The molecule has 0 saturated carbocycles. The van der Waals surface area contributed by atoms with Crippen LogP contribution in [0, 0.1) is 4.77 Å². The van der Waals surface area contributed by atoms with Crippen molar-refractivity contribution in [2.75, 3.05) is 19.0 Å². The number of benzene rings is 1. The lowest BCUT2D eigenvalue weighted by Crippen LogP contribution is -2.08. The van der Waals surface area contributed by atoms with Crippen LogP contribution in [-0.2, 0) is 0 Å². The van der Waals surface area contributed by atoms with E-state index in [-0.39, 0.29) is 0 Å². The quantitative estimate of drug-likeness (QED) is 0.665. The number of hydrogen-bond acceptors (Lipinski definition) is 4. The minimum absolute atomic E-state index is 0.478. The van der Waals surface area contributed by atoms with Gasteiger partial charge in [-0.15, -0.1) is 0 Å². The van der Waals surface area contributed by atoms with Crippen molar-refractivity contribution in [1.82, 2.24) is 14.9 Å². The molecule has 0 aliphatic heterocycles. The number of aromatic amines is 1. The topological polar surface area (TPSA) is 49.2 Å². The molecule has 0 radical (unpaired) electrons. The van der Waals surface area contributed by atoms with Crippen molar-refractivity contribution in [3.63, 3.8) is 0 Å². The molecule has 2 rings (SSSR count). The number of nitrogens with zero attached hydrogens (tertiary/aromatic N) is 4. The second kappa shape index (κ2) is 4.92. The predicted octanol–water partition coefficient (Wildman–Crippen LogP) is 1.89. The van der Waals surface area contributed by atoms with Crippen molar-refractivity contribution in [2.24, 2.45) is 5.10 Å². The highest BCUT2D eigenvalue weighted by Crippen LogP contribution is 2.10. The molecule has 5 nitrogen and oxygen atoms in total. The van der Waals surface area contributed by atoms with Crippen LogP contribution in [0.25, 0.3) is 0 Å². The monoisotopic (exact) mass is 247 g/mol. The van der Waals surface area contributed by atoms with E-state index in [2.05, 4.69) is 15.3 Å². The summed E-state index contributed by atoms with van der Waals surface area (Å²) in [6, 6.07) is 8.08. The minimum atomic E-state index is 0.478. The number of H-pyrrole nitrogens is 1. The molecule has 0 fully saturated rings. The molecule has 0 spiro atoms. The van der Waals surface area contributed by atoms with Gasteiger partial charge in [-0.2, -0.15) is 14.9 Å². The molecule has 17 heavy (non-hydrogen) atoms. The molecule has 1 aromatic heterocycles. The van der Waals surface area contributed by atoms with E-state index in [4.69, 9.17) is 12.2 Å². The summed E-state index contributed by atoms with van der Waals surface area (Å²) in [6.07, 6.45) is 3.28. The lowest BCUT2D eigenvalue weighted by molar-refractivity contribution is 0.863. The van der Waals surface area contributed by atoms with Crippen molar-refractivity contribution < 1.29 is 0 Å². The summed E-state index contributed by atoms with van der Waals surface area (Å²) >= 11 is 4.98. The fourth-order valence-electron chi connectivity index (χ4n) is 1.31. The van der Waals surface area contributed by atoms with Gasteiger partial charge in [-0.25, -0.2) is 0 Å². The molecule has 0 unspecified atom stereocenters. The van der Waals surface area contributed by atoms with E-state index in [0.717, 1.165) is 11.3 Å². The minimum Gasteiger partial charge on any atom is -0.378 e. The number of rotatable bonds is 3. The SMILES string of the molecule is CN(C)c1ccc(/C=N\n2cn[nH]c2=S)cc1. The summed E-state index contributed by atoms with van der Waals surface area (Å²) in [7, 11) is 4.02. The summed E-state index contributed by atoms with van der Waals surface area (Å²) in [5.41, 5.74) is 2.17. The van der Waals surface area contributed by atoms with Gasteiger partial charge in [0.15, 0.2) is 0 Å². The Morgan fingerprint density at radius 3 is 2.59 bits per heavy atom. The number of aromatic nitrogens is 3. The Hall–Kier alpha value is -1.95. The molecular weight excluding hydrogens is 234 g/mol. The lowest BCUT2D eigenvalue weighted by Gasteiger charge is -2.11. The van der Waals surface area contributed by atoms with E-state index >= 15 is 0 Å². The van der Waals surface area contributed by atoms with Gasteiger partial charge in [0.05, 0.1) is 6.21 Å². The maximum absolute atomic E-state index is 4.98. The fraction of sp³-hybridized carbons (Fsp3) is 0.182. The van der Waals surface area contributed by atoms with E-state index in [1.54, 1.807) is 6.21 Å². The third kappa shape index (κ3) is 2.79. The van der Waals surface area contributed by atoms with Crippen LogP contribution < -0.4 is 4.90 Å². The summed E-state index contributed by atoms with van der Waals surface area (Å²) in [5.74, 6) is 0. The maximum atomic E-state index is 4.98. The Bertz CT molecular complexity index is 564. The molecule has 0 saturated heterocycles. The number of anilines is 1. The van der Waals surface area contributed by atoms with Crippen LogP contribution >= 0.6 is 12.2 Å². The van der Waals surface area contributed by atoms with E-state index in [9.17, 15) is 0 Å². The van der Waals surface area contributed by atoms with E-state index < -0.39 is 0 Å². The Morgan fingerprint density at radius 1 is 1.35 bits per heavy atom. The molecule has 1 aromatic carbocycles. The van der Waals surface area contributed by atoms with Gasteiger partial charge in [0, 0.05) is 19.8 Å². The first kappa shape index (κ1) is 11.5. The van der Waals surface area contributed by atoms with Gasteiger partial charge < -0.3 is 4.90 Å². The van der Waals surface area contributed by atoms with Crippen LogP contribution in [0.5, 0.6) is 0 Å². The molecular formula is C11H13N5S. The third-order valence-electron chi connectivity index (χ3n) is 2.28. The summed E-state index contributed by atoms with van der Waals surface area (Å²) in [6.45, 7) is 0. The van der Waals surface area contributed by atoms with E-state index in [0.29, 0.717) is 4.77 Å².